The van der Waals surface area contributed by atoms with Crippen LogP contribution in [0.2, 0.25) is 0 Å². The van der Waals surface area contributed by atoms with Gasteiger partial charge in [-0.3, -0.25) is 4.99 Å². The Morgan fingerprint density at radius 1 is 1.08 bits per heavy atom. The summed E-state index contributed by atoms with van der Waals surface area (Å²) in [4.78, 5) is 4.32. The second-order valence-electron chi connectivity index (χ2n) is 5.65. The molecule has 0 heterocycles. The minimum absolute atomic E-state index is 0. The van der Waals surface area contributed by atoms with E-state index < -0.39 is 0 Å². The van der Waals surface area contributed by atoms with Crippen LogP contribution in [-0.2, 0) is 0 Å². The second-order valence-corrected chi connectivity index (χ2v) is 5.65. The molecular formula is C19H26IN3O2. The number of hydrogen-bond donors (Lipinski definition) is 2. The summed E-state index contributed by atoms with van der Waals surface area (Å²) in [5, 5.41) is 3.12. The van der Waals surface area contributed by atoms with E-state index in [1.165, 1.54) is 11.1 Å². The number of anilines is 1. The molecule has 0 atom stereocenters. The van der Waals surface area contributed by atoms with E-state index >= 15 is 0 Å². The van der Waals surface area contributed by atoms with Crippen LogP contribution in [0.15, 0.2) is 47.5 Å². The summed E-state index contributed by atoms with van der Waals surface area (Å²) in [6.45, 7) is 5.30. The summed E-state index contributed by atoms with van der Waals surface area (Å²) in [6.07, 6.45) is 0.784. The lowest BCUT2D eigenvalue weighted by atomic mass is 10.1. The van der Waals surface area contributed by atoms with E-state index in [1.54, 1.807) is 7.11 Å². The average Bonchev–Trinajstić information content (AvgIpc) is 2.53. The number of nitrogens with zero attached hydrogens (tertiary/aromatic N) is 1. The maximum absolute atomic E-state index is 5.92. The Balaban J connectivity index is 0.00000312. The van der Waals surface area contributed by atoms with E-state index in [9.17, 15) is 0 Å². The van der Waals surface area contributed by atoms with Crippen LogP contribution in [0.5, 0.6) is 11.5 Å². The summed E-state index contributed by atoms with van der Waals surface area (Å²) in [5.41, 5.74) is 9.26. The summed E-state index contributed by atoms with van der Waals surface area (Å²) in [6, 6.07) is 13.8. The molecular weight excluding hydrogens is 429 g/mol. The van der Waals surface area contributed by atoms with E-state index in [0.717, 1.165) is 23.6 Å². The topological polar surface area (TPSA) is 68.9 Å². The van der Waals surface area contributed by atoms with Gasteiger partial charge < -0.3 is 20.5 Å². The van der Waals surface area contributed by atoms with Crippen LogP contribution in [0.4, 0.5) is 5.69 Å². The first-order chi connectivity index (χ1) is 11.6. The molecule has 0 aromatic heterocycles. The molecule has 3 N–H and O–H groups in total. The SMILES string of the molecule is COc1cccc(OCCCN=C(N)Nc2cc(C)cc(C)c2)c1.I. The molecule has 0 radical (unpaired) electrons. The number of aliphatic imine (C=N–C) groups is 1. The minimum atomic E-state index is 0. The highest BCUT2D eigenvalue weighted by Gasteiger charge is 1.99. The number of nitrogens with two attached hydrogens (primary N) is 1. The van der Waals surface area contributed by atoms with Gasteiger partial charge in [0.25, 0.3) is 0 Å². The van der Waals surface area contributed by atoms with Crippen LogP contribution in [0.1, 0.15) is 17.5 Å². The molecule has 0 aliphatic rings. The number of ether oxygens (including phenoxy) is 2. The molecule has 136 valence electrons. The number of hydrogen-bond acceptors (Lipinski definition) is 3. The maximum atomic E-state index is 5.92. The van der Waals surface area contributed by atoms with Gasteiger partial charge in [0.05, 0.1) is 13.7 Å². The molecule has 0 saturated carbocycles. The number of aryl methyl sites for hydroxylation is 2. The molecule has 2 rings (SSSR count). The molecule has 0 amide bonds. The average molecular weight is 455 g/mol. The van der Waals surface area contributed by atoms with Crippen molar-refractivity contribution >= 4 is 35.6 Å². The molecule has 5 nitrogen and oxygen atoms in total. The zero-order valence-corrected chi connectivity index (χ0v) is 17.2. The van der Waals surface area contributed by atoms with Crippen LogP contribution in [0.3, 0.4) is 0 Å². The van der Waals surface area contributed by atoms with Crippen molar-refractivity contribution in [1.29, 1.82) is 0 Å². The number of nitrogens with one attached hydrogen (secondary N) is 1. The Labute approximate surface area is 166 Å². The van der Waals surface area contributed by atoms with Gasteiger partial charge in [-0.1, -0.05) is 12.1 Å². The third kappa shape index (κ3) is 7.64. The van der Waals surface area contributed by atoms with Crippen molar-refractivity contribution in [2.24, 2.45) is 10.7 Å². The number of guanidine groups is 1. The quantitative estimate of drug-likeness (QED) is 0.285. The molecule has 0 aliphatic heterocycles. The van der Waals surface area contributed by atoms with Crippen LogP contribution in [-0.4, -0.2) is 26.2 Å². The van der Waals surface area contributed by atoms with E-state index in [1.807, 2.05) is 36.4 Å². The molecule has 6 heteroatoms. The van der Waals surface area contributed by atoms with E-state index in [4.69, 9.17) is 15.2 Å². The second kappa shape index (κ2) is 10.8. The zero-order valence-electron chi connectivity index (χ0n) is 14.9. The van der Waals surface area contributed by atoms with Gasteiger partial charge in [0.15, 0.2) is 5.96 Å². The molecule has 0 bridgehead atoms. The summed E-state index contributed by atoms with van der Waals surface area (Å²) < 4.78 is 10.8. The van der Waals surface area contributed by atoms with Gasteiger partial charge in [0.1, 0.15) is 11.5 Å². The highest BCUT2D eigenvalue weighted by atomic mass is 127. The zero-order chi connectivity index (χ0) is 17.4. The fourth-order valence-corrected chi connectivity index (χ4v) is 2.38. The van der Waals surface area contributed by atoms with Crippen LogP contribution >= 0.6 is 24.0 Å². The first-order valence-electron chi connectivity index (χ1n) is 7.99. The monoisotopic (exact) mass is 455 g/mol. The molecule has 25 heavy (non-hydrogen) atoms. The van der Waals surface area contributed by atoms with Crippen LogP contribution in [0.25, 0.3) is 0 Å². The van der Waals surface area contributed by atoms with E-state index in [-0.39, 0.29) is 24.0 Å². The molecule has 0 aliphatic carbocycles. The molecule has 0 unspecified atom stereocenters. The Morgan fingerprint density at radius 3 is 2.44 bits per heavy atom. The lowest BCUT2D eigenvalue weighted by Gasteiger charge is -2.09. The molecule has 2 aromatic rings. The highest BCUT2D eigenvalue weighted by molar-refractivity contribution is 14.0. The van der Waals surface area contributed by atoms with Gasteiger partial charge in [-0.2, -0.15) is 0 Å². The van der Waals surface area contributed by atoms with E-state index in [0.29, 0.717) is 19.1 Å². The largest absolute Gasteiger partial charge is 0.497 e. The first-order valence-corrected chi connectivity index (χ1v) is 7.99. The molecule has 0 spiro atoms. The lowest BCUT2D eigenvalue weighted by molar-refractivity contribution is 0.311. The Hall–Kier alpha value is -1.96. The molecule has 0 fully saturated rings. The Bertz CT molecular complexity index is 685. The lowest BCUT2D eigenvalue weighted by Crippen LogP contribution is -2.23. The van der Waals surface area contributed by atoms with Crippen molar-refractivity contribution in [3.8, 4) is 11.5 Å². The van der Waals surface area contributed by atoms with Crippen molar-refractivity contribution in [3.63, 3.8) is 0 Å². The fourth-order valence-electron chi connectivity index (χ4n) is 2.38. The smallest absolute Gasteiger partial charge is 0.193 e. The van der Waals surface area contributed by atoms with Crippen LogP contribution in [0, 0.1) is 13.8 Å². The molecule has 2 aromatic carbocycles. The third-order valence-electron chi connectivity index (χ3n) is 3.39. The number of benzene rings is 2. The van der Waals surface area contributed by atoms with Gasteiger partial charge in [-0.15, -0.1) is 24.0 Å². The Kier molecular flexibility index (Phi) is 9.12. The predicted octanol–water partition coefficient (Wildman–Crippen LogP) is 4.13. The van der Waals surface area contributed by atoms with Gasteiger partial charge in [-0.25, -0.2) is 0 Å². The van der Waals surface area contributed by atoms with Crippen molar-refractivity contribution in [1.82, 2.24) is 0 Å². The van der Waals surface area contributed by atoms with Gasteiger partial charge in [0, 0.05) is 24.7 Å². The van der Waals surface area contributed by atoms with Gasteiger partial charge in [0.2, 0.25) is 0 Å². The van der Waals surface area contributed by atoms with Gasteiger partial charge in [-0.05, 0) is 49.2 Å². The van der Waals surface area contributed by atoms with Crippen molar-refractivity contribution in [2.75, 3.05) is 25.6 Å². The Morgan fingerprint density at radius 2 is 1.76 bits per heavy atom. The standard InChI is InChI=1S/C19H25N3O2.HI/c1-14-10-15(2)12-16(11-14)22-19(20)21-8-5-9-24-18-7-4-6-17(13-18)23-3;/h4,6-7,10-13H,5,8-9H2,1-3H3,(H3,20,21,22);1H. The summed E-state index contributed by atoms with van der Waals surface area (Å²) in [7, 11) is 1.64. The number of halogens is 1. The van der Waals surface area contributed by atoms with Crippen molar-refractivity contribution in [3.05, 3.63) is 53.6 Å². The van der Waals surface area contributed by atoms with Gasteiger partial charge >= 0.3 is 0 Å². The highest BCUT2D eigenvalue weighted by Crippen LogP contribution is 2.18. The van der Waals surface area contributed by atoms with Crippen LogP contribution < -0.4 is 20.5 Å². The fraction of sp³-hybridized carbons (Fsp3) is 0.316. The molecule has 0 saturated heterocycles. The number of rotatable bonds is 7. The normalized spacial score (nSPS) is 10.8. The summed E-state index contributed by atoms with van der Waals surface area (Å²) >= 11 is 0. The van der Waals surface area contributed by atoms with E-state index in [2.05, 4.69) is 30.2 Å². The van der Waals surface area contributed by atoms with Crippen molar-refractivity contribution < 1.29 is 9.47 Å². The number of methoxy groups -OCH3 is 1. The predicted molar refractivity (Wildman–Crippen MR) is 115 cm³/mol. The van der Waals surface area contributed by atoms with Crippen molar-refractivity contribution in [2.45, 2.75) is 20.3 Å². The third-order valence-corrected chi connectivity index (χ3v) is 3.39. The minimum Gasteiger partial charge on any atom is -0.497 e. The first kappa shape index (κ1) is 21.1. The maximum Gasteiger partial charge on any atom is 0.193 e. The summed E-state index contributed by atoms with van der Waals surface area (Å²) in [5.74, 6) is 1.99.